The third kappa shape index (κ3) is 4.26. The molecule has 90 valence electrons. The average molecular weight is 284 g/mol. The Labute approximate surface area is 108 Å². The van der Waals surface area contributed by atoms with E-state index in [-0.39, 0.29) is 0 Å². The maximum atomic E-state index is 3.69. The van der Waals surface area contributed by atoms with Crippen LogP contribution in [-0.2, 0) is 0 Å². The Morgan fingerprint density at radius 2 is 1.81 bits per heavy atom. The third-order valence-corrected chi connectivity index (χ3v) is 3.51. The van der Waals surface area contributed by atoms with Crippen LogP contribution in [0.5, 0.6) is 0 Å². The molecule has 0 aliphatic rings. The zero-order valence-electron chi connectivity index (χ0n) is 10.5. The Kier molecular flexibility index (Phi) is 6.07. The van der Waals surface area contributed by atoms with Gasteiger partial charge in [-0.05, 0) is 37.5 Å². The first-order valence-corrected chi connectivity index (χ1v) is 6.98. The van der Waals surface area contributed by atoms with E-state index in [1.54, 1.807) is 0 Å². The monoisotopic (exact) mass is 283 g/mol. The molecule has 2 heteroatoms. The van der Waals surface area contributed by atoms with Gasteiger partial charge in [0.2, 0.25) is 0 Å². The van der Waals surface area contributed by atoms with Gasteiger partial charge in [0, 0.05) is 16.6 Å². The van der Waals surface area contributed by atoms with E-state index in [1.807, 2.05) is 0 Å². The van der Waals surface area contributed by atoms with Crippen LogP contribution in [0.2, 0.25) is 0 Å². The van der Waals surface area contributed by atoms with Gasteiger partial charge < -0.3 is 5.32 Å². The second-order valence-corrected chi connectivity index (χ2v) is 5.25. The van der Waals surface area contributed by atoms with Crippen LogP contribution in [0.25, 0.3) is 0 Å². The molecule has 0 amide bonds. The summed E-state index contributed by atoms with van der Waals surface area (Å²) in [6, 6.07) is 9.65. The van der Waals surface area contributed by atoms with E-state index in [1.165, 1.54) is 24.8 Å². The molecule has 0 aliphatic heterocycles. The predicted molar refractivity (Wildman–Crippen MR) is 74.7 cm³/mol. The van der Waals surface area contributed by atoms with Crippen molar-refractivity contribution in [3.63, 3.8) is 0 Å². The lowest BCUT2D eigenvalue weighted by Gasteiger charge is -2.22. The summed E-state index contributed by atoms with van der Waals surface area (Å²) in [5.41, 5.74) is 1.36. The maximum Gasteiger partial charge on any atom is 0.0294 e. The summed E-state index contributed by atoms with van der Waals surface area (Å²) >= 11 is 3.46. The Bertz CT molecular complexity index is 294. The number of rotatable bonds is 6. The summed E-state index contributed by atoms with van der Waals surface area (Å²) in [5.74, 6) is 0. The summed E-state index contributed by atoms with van der Waals surface area (Å²) < 4.78 is 1.14. The highest BCUT2D eigenvalue weighted by molar-refractivity contribution is 9.10. The van der Waals surface area contributed by atoms with Crippen LogP contribution in [0.3, 0.4) is 0 Å². The molecule has 0 heterocycles. The number of hydrogen-bond donors (Lipinski definition) is 1. The fourth-order valence-corrected chi connectivity index (χ4v) is 2.22. The molecule has 1 aromatic carbocycles. The van der Waals surface area contributed by atoms with Gasteiger partial charge in [-0.25, -0.2) is 0 Å². The largest absolute Gasteiger partial charge is 0.307 e. The molecular weight excluding hydrogens is 262 g/mol. The molecule has 0 saturated heterocycles. The number of halogens is 1. The van der Waals surface area contributed by atoms with Gasteiger partial charge in [0.25, 0.3) is 0 Å². The zero-order chi connectivity index (χ0) is 12.0. The van der Waals surface area contributed by atoms with Crippen LogP contribution < -0.4 is 5.32 Å². The molecule has 1 rings (SSSR count). The first-order chi connectivity index (χ1) is 7.67. The number of nitrogens with one attached hydrogen (secondary N) is 1. The van der Waals surface area contributed by atoms with Crippen molar-refractivity contribution in [1.29, 1.82) is 0 Å². The van der Waals surface area contributed by atoms with Crippen molar-refractivity contribution in [3.05, 3.63) is 34.3 Å². The normalized spacial score (nSPS) is 14.8. The molecule has 2 unspecified atom stereocenters. The number of benzene rings is 1. The van der Waals surface area contributed by atoms with Crippen molar-refractivity contribution in [2.24, 2.45) is 0 Å². The lowest BCUT2D eigenvalue weighted by Crippen LogP contribution is -2.30. The average Bonchev–Trinajstić information content (AvgIpc) is 2.29. The van der Waals surface area contributed by atoms with Gasteiger partial charge in [0.15, 0.2) is 0 Å². The van der Waals surface area contributed by atoms with Crippen LogP contribution in [0.15, 0.2) is 28.7 Å². The highest BCUT2D eigenvalue weighted by Crippen LogP contribution is 2.18. The molecule has 0 saturated carbocycles. The molecule has 0 spiro atoms. The fraction of sp³-hybridized carbons (Fsp3) is 0.571. The molecule has 1 nitrogen and oxygen atoms in total. The molecule has 2 atom stereocenters. The van der Waals surface area contributed by atoms with Crippen molar-refractivity contribution in [2.45, 2.75) is 52.1 Å². The minimum absolute atomic E-state index is 0.435. The second kappa shape index (κ2) is 7.08. The van der Waals surface area contributed by atoms with E-state index in [0.29, 0.717) is 12.1 Å². The minimum atomic E-state index is 0.435. The summed E-state index contributed by atoms with van der Waals surface area (Å²) in [6.07, 6.45) is 3.71. The maximum absolute atomic E-state index is 3.69. The van der Waals surface area contributed by atoms with Crippen LogP contribution in [0.1, 0.15) is 51.6 Å². The summed E-state index contributed by atoms with van der Waals surface area (Å²) in [4.78, 5) is 0. The quantitative estimate of drug-likeness (QED) is 0.800. The first-order valence-electron chi connectivity index (χ1n) is 6.18. The van der Waals surface area contributed by atoms with Crippen molar-refractivity contribution in [1.82, 2.24) is 5.32 Å². The molecule has 0 fully saturated rings. The standard InChI is InChI=1S/C14H22BrN/c1-4-6-14(5-2)16-11(3)12-7-9-13(15)10-8-12/h7-11,14,16H,4-6H2,1-3H3. The van der Waals surface area contributed by atoms with Crippen molar-refractivity contribution in [3.8, 4) is 0 Å². The molecule has 0 radical (unpaired) electrons. The highest BCUT2D eigenvalue weighted by atomic mass is 79.9. The summed E-state index contributed by atoms with van der Waals surface area (Å²) in [6.45, 7) is 6.73. The zero-order valence-corrected chi connectivity index (χ0v) is 12.0. The molecule has 1 aromatic rings. The Balaban J connectivity index is 2.56. The van der Waals surface area contributed by atoms with E-state index in [4.69, 9.17) is 0 Å². The van der Waals surface area contributed by atoms with Crippen molar-refractivity contribution >= 4 is 15.9 Å². The van der Waals surface area contributed by atoms with Gasteiger partial charge in [0.1, 0.15) is 0 Å². The van der Waals surface area contributed by atoms with Crippen molar-refractivity contribution in [2.75, 3.05) is 0 Å². The first kappa shape index (κ1) is 13.7. The topological polar surface area (TPSA) is 12.0 Å². The van der Waals surface area contributed by atoms with Crippen LogP contribution in [0.4, 0.5) is 0 Å². The molecule has 0 bridgehead atoms. The SMILES string of the molecule is CCCC(CC)NC(C)c1ccc(Br)cc1. The van der Waals surface area contributed by atoms with Crippen molar-refractivity contribution < 1.29 is 0 Å². The second-order valence-electron chi connectivity index (χ2n) is 4.33. The predicted octanol–water partition coefficient (Wildman–Crippen LogP) is 4.68. The van der Waals surface area contributed by atoms with Gasteiger partial charge in [0.05, 0.1) is 0 Å². The molecular formula is C14H22BrN. The van der Waals surface area contributed by atoms with Crippen LogP contribution in [0, 0.1) is 0 Å². The molecule has 0 aliphatic carbocycles. The third-order valence-electron chi connectivity index (χ3n) is 2.99. The smallest absolute Gasteiger partial charge is 0.0294 e. The summed E-state index contributed by atoms with van der Waals surface area (Å²) in [5, 5.41) is 3.69. The van der Waals surface area contributed by atoms with Gasteiger partial charge in [-0.3, -0.25) is 0 Å². The lowest BCUT2D eigenvalue weighted by atomic mass is 10.0. The van der Waals surface area contributed by atoms with E-state index < -0.39 is 0 Å². The molecule has 16 heavy (non-hydrogen) atoms. The molecule has 1 N–H and O–H groups in total. The highest BCUT2D eigenvalue weighted by Gasteiger charge is 2.10. The van der Waals surface area contributed by atoms with Gasteiger partial charge >= 0.3 is 0 Å². The van der Waals surface area contributed by atoms with E-state index in [9.17, 15) is 0 Å². The van der Waals surface area contributed by atoms with E-state index in [2.05, 4.69) is 66.3 Å². The van der Waals surface area contributed by atoms with Gasteiger partial charge in [-0.2, -0.15) is 0 Å². The summed E-state index contributed by atoms with van der Waals surface area (Å²) in [7, 11) is 0. The van der Waals surface area contributed by atoms with E-state index >= 15 is 0 Å². The Hall–Kier alpha value is -0.340. The van der Waals surface area contributed by atoms with Crippen LogP contribution >= 0.6 is 15.9 Å². The van der Waals surface area contributed by atoms with Crippen LogP contribution in [-0.4, -0.2) is 6.04 Å². The van der Waals surface area contributed by atoms with E-state index in [0.717, 1.165) is 4.47 Å². The van der Waals surface area contributed by atoms with Gasteiger partial charge in [-0.15, -0.1) is 0 Å². The molecule has 0 aromatic heterocycles. The fourth-order valence-electron chi connectivity index (χ4n) is 1.96. The van der Waals surface area contributed by atoms with Gasteiger partial charge in [-0.1, -0.05) is 48.3 Å². The lowest BCUT2D eigenvalue weighted by molar-refractivity contribution is 0.417. The minimum Gasteiger partial charge on any atom is -0.307 e. The number of hydrogen-bond acceptors (Lipinski definition) is 1. The Morgan fingerprint density at radius 3 is 2.31 bits per heavy atom. The Morgan fingerprint density at radius 1 is 1.19 bits per heavy atom.